The Kier molecular flexibility index (Phi) is 8.82. The van der Waals surface area contributed by atoms with Crippen molar-refractivity contribution in [3.05, 3.63) is 0 Å². The number of piperidine rings is 1. The molecule has 21 heavy (non-hydrogen) atoms. The highest BCUT2D eigenvalue weighted by Gasteiger charge is 2.22. The summed E-state index contributed by atoms with van der Waals surface area (Å²) >= 11 is 0. The first-order chi connectivity index (χ1) is 10.1. The molecule has 0 aromatic rings. The molecule has 1 heterocycles. The highest BCUT2D eigenvalue weighted by Crippen LogP contribution is 2.13. The van der Waals surface area contributed by atoms with Crippen LogP contribution >= 0.6 is 0 Å². The van der Waals surface area contributed by atoms with Crippen LogP contribution in [0.25, 0.3) is 0 Å². The average molecular weight is 300 g/mol. The number of carbonyl (C=O) groups excluding carboxylic acids is 1. The zero-order valence-electron chi connectivity index (χ0n) is 13.0. The van der Waals surface area contributed by atoms with Gasteiger partial charge in [0.15, 0.2) is 0 Å². The second-order valence-corrected chi connectivity index (χ2v) is 5.43. The van der Waals surface area contributed by atoms with Gasteiger partial charge in [0.25, 0.3) is 0 Å². The highest BCUT2D eigenvalue weighted by molar-refractivity contribution is 5.74. The highest BCUT2D eigenvalue weighted by atomic mass is 16.5. The lowest BCUT2D eigenvalue weighted by Crippen LogP contribution is -2.46. The number of hydrogen-bond acceptors (Lipinski definition) is 3. The van der Waals surface area contributed by atoms with Crippen LogP contribution in [0, 0.1) is 0 Å². The molecule has 1 rings (SSSR count). The molecule has 0 atom stereocenters. The fourth-order valence-corrected chi connectivity index (χ4v) is 2.52. The van der Waals surface area contributed by atoms with Gasteiger partial charge in [0.1, 0.15) is 0 Å². The molecule has 0 aromatic carbocycles. The van der Waals surface area contributed by atoms with Gasteiger partial charge in [-0.25, -0.2) is 4.79 Å². The molecule has 6 nitrogen and oxygen atoms in total. The van der Waals surface area contributed by atoms with Crippen LogP contribution in [0.5, 0.6) is 0 Å². The number of rotatable bonds is 9. The molecular formula is C15H28N2O4. The Labute approximate surface area is 126 Å². The van der Waals surface area contributed by atoms with Crippen molar-refractivity contribution in [3.8, 4) is 0 Å². The van der Waals surface area contributed by atoms with Crippen molar-refractivity contribution in [2.75, 3.05) is 26.2 Å². The van der Waals surface area contributed by atoms with Gasteiger partial charge in [0.05, 0.1) is 6.10 Å². The van der Waals surface area contributed by atoms with Crippen LogP contribution in [0.3, 0.4) is 0 Å². The third-order valence-corrected chi connectivity index (χ3v) is 3.73. The van der Waals surface area contributed by atoms with Crippen LogP contribution in [0.15, 0.2) is 0 Å². The van der Waals surface area contributed by atoms with E-state index < -0.39 is 5.97 Å². The second-order valence-electron chi connectivity index (χ2n) is 5.43. The van der Waals surface area contributed by atoms with Gasteiger partial charge in [0.2, 0.25) is 0 Å². The van der Waals surface area contributed by atoms with E-state index in [4.69, 9.17) is 9.84 Å². The Morgan fingerprint density at radius 3 is 2.48 bits per heavy atom. The average Bonchev–Trinajstić information content (AvgIpc) is 2.47. The number of nitrogens with one attached hydrogen (secondary N) is 1. The number of amides is 2. The van der Waals surface area contributed by atoms with Crippen LogP contribution in [-0.4, -0.2) is 54.4 Å². The third kappa shape index (κ3) is 7.90. The standard InChI is InChI=1S/C15H28N2O4/c1-2-21-13-8-11-17(12-9-13)15(20)16-10-6-4-3-5-7-14(18)19/h13H,2-12H2,1H3,(H,16,20)(H,18,19). The quantitative estimate of drug-likeness (QED) is 0.640. The molecule has 0 bridgehead atoms. The first kappa shape index (κ1) is 17.8. The largest absolute Gasteiger partial charge is 0.481 e. The summed E-state index contributed by atoms with van der Waals surface area (Å²) in [6.07, 6.45) is 5.85. The number of nitrogens with zero attached hydrogens (tertiary/aromatic N) is 1. The maximum atomic E-state index is 11.9. The van der Waals surface area contributed by atoms with Gasteiger partial charge in [-0.3, -0.25) is 4.79 Å². The van der Waals surface area contributed by atoms with Gasteiger partial charge in [-0.15, -0.1) is 0 Å². The summed E-state index contributed by atoms with van der Waals surface area (Å²) in [5, 5.41) is 11.4. The fourth-order valence-electron chi connectivity index (χ4n) is 2.52. The van der Waals surface area contributed by atoms with Gasteiger partial charge in [0, 0.05) is 32.7 Å². The van der Waals surface area contributed by atoms with Gasteiger partial charge < -0.3 is 20.1 Å². The van der Waals surface area contributed by atoms with Gasteiger partial charge in [-0.2, -0.15) is 0 Å². The summed E-state index contributed by atoms with van der Waals surface area (Å²) in [6, 6.07) is 0.00971. The molecule has 1 aliphatic rings. The number of carboxylic acid groups (broad SMARTS) is 1. The van der Waals surface area contributed by atoms with Crippen LogP contribution in [0.4, 0.5) is 4.79 Å². The number of likely N-dealkylation sites (tertiary alicyclic amines) is 1. The van der Waals surface area contributed by atoms with E-state index in [0.717, 1.165) is 51.8 Å². The zero-order chi connectivity index (χ0) is 15.5. The topological polar surface area (TPSA) is 78.9 Å². The normalized spacial score (nSPS) is 16.0. The monoisotopic (exact) mass is 300 g/mol. The van der Waals surface area contributed by atoms with Gasteiger partial charge in [-0.05, 0) is 32.6 Å². The molecule has 0 spiro atoms. The molecule has 1 aliphatic heterocycles. The van der Waals surface area contributed by atoms with Gasteiger partial charge >= 0.3 is 12.0 Å². The molecule has 0 radical (unpaired) electrons. The Hall–Kier alpha value is -1.30. The van der Waals surface area contributed by atoms with Crippen molar-refractivity contribution in [1.82, 2.24) is 10.2 Å². The van der Waals surface area contributed by atoms with Crippen molar-refractivity contribution in [1.29, 1.82) is 0 Å². The number of carbonyl (C=O) groups is 2. The molecule has 0 saturated carbocycles. The van der Waals surface area contributed by atoms with E-state index in [1.54, 1.807) is 0 Å². The SMILES string of the molecule is CCOC1CCN(C(=O)NCCCCCCC(=O)O)CC1. The van der Waals surface area contributed by atoms with Crippen molar-refractivity contribution in [2.24, 2.45) is 0 Å². The molecule has 1 fully saturated rings. The zero-order valence-corrected chi connectivity index (χ0v) is 13.0. The Bertz CT molecular complexity index is 315. The molecule has 2 amide bonds. The van der Waals surface area contributed by atoms with Crippen molar-refractivity contribution >= 4 is 12.0 Å². The van der Waals surface area contributed by atoms with E-state index in [1.807, 2.05) is 11.8 Å². The Morgan fingerprint density at radius 2 is 1.86 bits per heavy atom. The molecule has 2 N–H and O–H groups in total. The molecule has 6 heteroatoms. The molecule has 0 unspecified atom stereocenters. The predicted molar refractivity (Wildman–Crippen MR) is 80.3 cm³/mol. The lowest BCUT2D eigenvalue weighted by Gasteiger charge is -2.31. The first-order valence-electron chi connectivity index (χ1n) is 7.99. The summed E-state index contributed by atoms with van der Waals surface area (Å²) in [6.45, 7) is 4.91. The van der Waals surface area contributed by atoms with E-state index in [0.29, 0.717) is 19.1 Å². The lowest BCUT2D eigenvalue weighted by molar-refractivity contribution is -0.137. The minimum Gasteiger partial charge on any atom is -0.481 e. The number of carboxylic acids is 1. The lowest BCUT2D eigenvalue weighted by atomic mass is 10.1. The molecular weight excluding hydrogens is 272 g/mol. The molecule has 1 saturated heterocycles. The third-order valence-electron chi connectivity index (χ3n) is 3.73. The van der Waals surface area contributed by atoms with E-state index in [1.165, 1.54) is 0 Å². The van der Waals surface area contributed by atoms with Crippen LogP contribution in [0.2, 0.25) is 0 Å². The Morgan fingerprint density at radius 1 is 1.19 bits per heavy atom. The number of urea groups is 1. The minimum atomic E-state index is -0.737. The number of ether oxygens (including phenoxy) is 1. The molecule has 122 valence electrons. The van der Waals surface area contributed by atoms with Crippen molar-refractivity contribution < 1.29 is 19.4 Å². The van der Waals surface area contributed by atoms with E-state index in [2.05, 4.69) is 5.32 Å². The summed E-state index contributed by atoms with van der Waals surface area (Å²) in [5.41, 5.74) is 0. The number of aliphatic carboxylic acids is 1. The van der Waals surface area contributed by atoms with E-state index in [9.17, 15) is 9.59 Å². The van der Waals surface area contributed by atoms with Gasteiger partial charge in [-0.1, -0.05) is 12.8 Å². The van der Waals surface area contributed by atoms with E-state index in [-0.39, 0.29) is 12.5 Å². The first-order valence-corrected chi connectivity index (χ1v) is 7.99. The van der Waals surface area contributed by atoms with Crippen molar-refractivity contribution in [2.45, 2.75) is 58.0 Å². The molecule has 0 aromatic heterocycles. The summed E-state index contributed by atoms with van der Waals surface area (Å²) in [5.74, 6) is -0.737. The number of unbranched alkanes of at least 4 members (excludes halogenated alkanes) is 3. The maximum Gasteiger partial charge on any atom is 0.317 e. The van der Waals surface area contributed by atoms with E-state index >= 15 is 0 Å². The Balaban J connectivity index is 2.00. The fraction of sp³-hybridized carbons (Fsp3) is 0.867. The predicted octanol–water partition coefficient (Wildman–Crippen LogP) is 2.23. The van der Waals surface area contributed by atoms with Crippen LogP contribution < -0.4 is 5.32 Å². The number of hydrogen-bond donors (Lipinski definition) is 2. The maximum absolute atomic E-state index is 11.9. The van der Waals surface area contributed by atoms with Crippen LogP contribution in [-0.2, 0) is 9.53 Å². The summed E-state index contributed by atoms with van der Waals surface area (Å²) in [4.78, 5) is 24.1. The summed E-state index contributed by atoms with van der Waals surface area (Å²) < 4.78 is 5.56. The summed E-state index contributed by atoms with van der Waals surface area (Å²) in [7, 11) is 0. The minimum absolute atomic E-state index is 0.00971. The molecule has 0 aliphatic carbocycles. The van der Waals surface area contributed by atoms with Crippen LogP contribution in [0.1, 0.15) is 51.9 Å². The van der Waals surface area contributed by atoms with Crippen molar-refractivity contribution in [3.63, 3.8) is 0 Å². The smallest absolute Gasteiger partial charge is 0.317 e. The second kappa shape index (κ2) is 10.4.